The molecular formula is C56H92O6. The number of carbonyl (C=O) groups is 3. The van der Waals surface area contributed by atoms with Gasteiger partial charge in [0.25, 0.3) is 0 Å². The molecule has 0 aromatic heterocycles. The largest absolute Gasteiger partial charge is 0.462 e. The van der Waals surface area contributed by atoms with Gasteiger partial charge in [-0.05, 0) is 109 Å². The van der Waals surface area contributed by atoms with Gasteiger partial charge in [-0.3, -0.25) is 14.4 Å². The minimum atomic E-state index is -0.810. The van der Waals surface area contributed by atoms with E-state index < -0.39 is 6.10 Å². The Bertz CT molecular complexity index is 1260. The Morgan fingerprint density at radius 1 is 0.339 bits per heavy atom. The second-order valence-electron chi connectivity index (χ2n) is 16.3. The summed E-state index contributed by atoms with van der Waals surface area (Å²) in [5, 5.41) is 0. The third-order valence-electron chi connectivity index (χ3n) is 10.3. The first kappa shape index (κ1) is 58.3. The highest BCUT2D eigenvalue weighted by atomic mass is 16.6. The maximum atomic E-state index is 12.8. The molecule has 0 aliphatic carbocycles. The Kier molecular flexibility index (Phi) is 47.0. The number of hydrogen-bond acceptors (Lipinski definition) is 6. The molecule has 62 heavy (non-hydrogen) atoms. The van der Waals surface area contributed by atoms with E-state index in [1.165, 1.54) is 64.2 Å². The summed E-state index contributed by atoms with van der Waals surface area (Å²) in [7, 11) is 0. The molecule has 6 heteroatoms. The maximum Gasteiger partial charge on any atom is 0.306 e. The number of carbonyl (C=O) groups excluding carboxylic acids is 3. The van der Waals surface area contributed by atoms with E-state index in [1.54, 1.807) is 0 Å². The van der Waals surface area contributed by atoms with Crippen LogP contribution < -0.4 is 0 Å². The summed E-state index contributed by atoms with van der Waals surface area (Å²) in [5.74, 6) is -0.996. The average Bonchev–Trinajstić information content (AvgIpc) is 3.27. The Hall–Kier alpha value is -3.67. The van der Waals surface area contributed by atoms with Gasteiger partial charge in [0.1, 0.15) is 13.2 Å². The minimum absolute atomic E-state index is 0.107. The van der Waals surface area contributed by atoms with Crippen molar-refractivity contribution in [3.8, 4) is 0 Å². The number of rotatable bonds is 44. The van der Waals surface area contributed by atoms with Gasteiger partial charge in [0.15, 0.2) is 6.10 Å². The maximum absolute atomic E-state index is 12.8. The molecule has 0 bridgehead atoms. The second-order valence-corrected chi connectivity index (χ2v) is 16.3. The lowest BCUT2D eigenvalue weighted by Crippen LogP contribution is -2.30. The molecule has 0 aromatic rings. The van der Waals surface area contributed by atoms with Gasteiger partial charge in [-0.25, -0.2) is 0 Å². The van der Waals surface area contributed by atoms with Gasteiger partial charge < -0.3 is 14.2 Å². The van der Waals surface area contributed by atoms with Crippen LogP contribution in [0.2, 0.25) is 0 Å². The summed E-state index contributed by atoms with van der Waals surface area (Å²) in [5.41, 5.74) is 0. The van der Waals surface area contributed by atoms with Crippen molar-refractivity contribution in [1.29, 1.82) is 0 Å². The van der Waals surface area contributed by atoms with Crippen LogP contribution in [0.3, 0.4) is 0 Å². The van der Waals surface area contributed by atoms with Crippen LogP contribution in [0.1, 0.15) is 220 Å². The van der Waals surface area contributed by atoms with Crippen molar-refractivity contribution in [2.24, 2.45) is 0 Å². The van der Waals surface area contributed by atoms with Gasteiger partial charge in [-0.2, -0.15) is 0 Å². The average molecular weight is 861 g/mol. The summed E-state index contributed by atoms with van der Waals surface area (Å²) in [4.78, 5) is 37.9. The van der Waals surface area contributed by atoms with Crippen molar-refractivity contribution >= 4 is 17.9 Å². The molecule has 0 saturated heterocycles. The SMILES string of the molecule is CC/C=C\C/C=C\C/C=C\C/C=C\C/C=C\CCCC(=O)OCC(COC(=O)CCCCC/C=C\CCCCCCCC)OC(=O)CCCCCCCCC/C=C\C/C=C\CC. The minimum Gasteiger partial charge on any atom is -0.462 e. The Morgan fingerprint density at radius 2 is 0.645 bits per heavy atom. The predicted octanol–water partition coefficient (Wildman–Crippen LogP) is 16.6. The van der Waals surface area contributed by atoms with Crippen molar-refractivity contribution < 1.29 is 28.6 Å². The van der Waals surface area contributed by atoms with E-state index in [0.29, 0.717) is 19.3 Å². The third kappa shape index (κ3) is 47.4. The lowest BCUT2D eigenvalue weighted by Gasteiger charge is -2.18. The normalized spacial score (nSPS) is 12.9. The van der Waals surface area contributed by atoms with Gasteiger partial charge >= 0.3 is 17.9 Å². The molecule has 0 N–H and O–H groups in total. The van der Waals surface area contributed by atoms with E-state index in [1.807, 2.05) is 0 Å². The highest BCUT2D eigenvalue weighted by Gasteiger charge is 2.19. The lowest BCUT2D eigenvalue weighted by molar-refractivity contribution is -0.167. The number of hydrogen-bond donors (Lipinski definition) is 0. The summed E-state index contributed by atoms with van der Waals surface area (Å²) in [6, 6.07) is 0. The summed E-state index contributed by atoms with van der Waals surface area (Å²) < 4.78 is 16.7. The van der Waals surface area contributed by atoms with Crippen molar-refractivity contribution in [3.05, 3.63) is 97.2 Å². The van der Waals surface area contributed by atoms with Crippen molar-refractivity contribution in [2.45, 2.75) is 226 Å². The molecule has 0 rings (SSSR count). The van der Waals surface area contributed by atoms with Crippen LogP contribution >= 0.6 is 0 Å². The van der Waals surface area contributed by atoms with Crippen LogP contribution in [0.15, 0.2) is 97.2 Å². The summed E-state index contributed by atoms with van der Waals surface area (Å²) in [6.45, 7) is 6.33. The van der Waals surface area contributed by atoms with Crippen LogP contribution in [-0.4, -0.2) is 37.2 Å². The van der Waals surface area contributed by atoms with Gasteiger partial charge in [-0.15, -0.1) is 0 Å². The molecule has 1 unspecified atom stereocenters. The van der Waals surface area contributed by atoms with E-state index in [0.717, 1.165) is 109 Å². The molecule has 6 nitrogen and oxygen atoms in total. The molecule has 0 saturated carbocycles. The molecule has 0 spiro atoms. The quantitative estimate of drug-likeness (QED) is 0.0263. The van der Waals surface area contributed by atoms with Crippen LogP contribution in [0.5, 0.6) is 0 Å². The highest BCUT2D eigenvalue weighted by Crippen LogP contribution is 2.13. The van der Waals surface area contributed by atoms with E-state index in [9.17, 15) is 14.4 Å². The smallest absolute Gasteiger partial charge is 0.306 e. The molecule has 0 aliphatic rings. The first-order chi connectivity index (χ1) is 30.5. The van der Waals surface area contributed by atoms with Crippen molar-refractivity contribution in [2.75, 3.05) is 13.2 Å². The number of ether oxygens (including phenoxy) is 3. The first-order valence-corrected chi connectivity index (χ1v) is 25.2. The van der Waals surface area contributed by atoms with Crippen molar-refractivity contribution in [3.63, 3.8) is 0 Å². The molecule has 1 atom stereocenters. The standard InChI is InChI=1S/C56H92O6/c1-4-7-10-13-16-19-22-25-27-28-29-32-34-37-40-43-46-49-55(58)61-52-53(51-60-54(57)48-45-42-39-36-33-30-24-21-18-15-12-9-6-3)62-56(59)50-47-44-41-38-35-31-26-23-20-17-14-11-8-5-2/h7-8,10-11,16-17,19-20,25,27,29-30,32-33,37,40,53H,4-6,9,12-15,18,21-24,26,28,31,34-36,38-39,41-52H2,1-3H3/b10-7-,11-8-,19-16-,20-17-,27-25-,32-29-,33-30-,40-37-. The zero-order valence-corrected chi connectivity index (χ0v) is 40.1. The molecular weight excluding hydrogens is 769 g/mol. The number of allylic oxidation sites excluding steroid dienone is 16. The molecule has 0 aromatic carbocycles. The van der Waals surface area contributed by atoms with Crippen LogP contribution in [0, 0.1) is 0 Å². The third-order valence-corrected chi connectivity index (χ3v) is 10.3. The van der Waals surface area contributed by atoms with Gasteiger partial charge in [0, 0.05) is 19.3 Å². The highest BCUT2D eigenvalue weighted by molar-refractivity contribution is 5.71. The molecule has 0 radical (unpaired) electrons. The second kappa shape index (κ2) is 50.0. The Morgan fingerprint density at radius 3 is 1.08 bits per heavy atom. The van der Waals surface area contributed by atoms with E-state index in [2.05, 4.69) is 118 Å². The van der Waals surface area contributed by atoms with Gasteiger partial charge in [0.05, 0.1) is 0 Å². The summed E-state index contributed by atoms with van der Waals surface area (Å²) >= 11 is 0. The van der Waals surface area contributed by atoms with E-state index in [-0.39, 0.29) is 37.5 Å². The predicted molar refractivity (Wildman–Crippen MR) is 265 cm³/mol. The molecule has 0 heterocycles. The molecule has 0 fully saturated rings. The number of esters is 3. The Labute approximate surface area is 381 Å². The van der Waals surface area contributed by atoms with Crippen molar-refractivity contribution in [1.82, 2.24) is 0 Å². The topological polar surface area (TPSA) is 78.9 Å². The first-order valence-electron chi connectivity index (χ1n) is 25.2. The van der Waals surface area contributed by atoms with Crippen LogP contribution in [0.25, 0.3) is 0 Å². The zero-order valence-electron chi connectivity index (χ0n) is 40.1. The Balaban J connectivity index is 4.51. The fourth-order valence-electron chi connectivity index (χ4n) is 6.57. The molecule has 352 valence electrons. The van der Waals surface area contributed by atoms with Gasteiger partial charge in [0.2, 0.25) is 0 Å². The monoisotopic (exact) mass is 861 g/mol. The zero-order chi connectivity index (χ0) is 45.1. The van der Waals surface area contributed by atoms with E-state index in [4.69, 9.17) is 14.2 Å². The van der Waals surface area contributed by atoms with E-state index >= 15 is 0 Å². The molecule has 0 amide bonds. The van der Waals surface area contributed by atoms with Crippen LogP contribution in [-0.2, 0) is 28.6 Å². The van der Waals surface area contributed by atoms with Crippen LogP contribution in [0.4, 0.5) is 0 Å². The fraction of sp³-hybridized carbons (Fsp3) is 0.661. The lowest BCUT2D eigenvalue weighted by atomic mass is 10.1. The fourth-order valence-corrected chi connectivity index (χ4v) is 6.57. The summed E-state index contributed by atoms with van der Waals surface area (Å²) in [6.07, 6.45) is 65.4. The molecule has 0 aliphatic heterocycles. The number of unbranched alkanes of at least 4 members (excludes halogenated alkanes) is 17. The van der Waals surface area contributed by atoms with Gasteiger partial charge in [-0.1, -0.05) is 189 Å².